The van der Waals surface area contributed by atoms with E-state index in [4.69, 9.17) is 0 Å². The second kappa shape index (κ2) is 7.08. The van der Waals surface area contributed by atoms with Crippen LogP contribution in [0.2, 0.25) is 0 Å². The van der Waals surface area contributed by atoms with Crippen molar-refractivity contribution < 1.29 is 9.59 Å². The molecule has 0 bridgehead atoms. The van der Waals surface area contributed by atoms with Crippen LogP contribution in [0.1, 0.15) is 40.9 Å². The Morgan fingerprint density at radius 1 is 1.17 bits per heavy atom. The molecule has 1 heterocycles. The highest BCUT2D eigenvalue weighted by molar-refractivity contribution is 6.10. The third-order valence-electron chi connectivity index (χ3n) is 3.96. The zero-order valence-electron chi connectivity index (χ0n) is 13.5. The number of nitrogens with one attached hydrogen (secondary N) is 2. The molecule has 0 fully saturated rings. The molecule has 0 aliphatic carbocycles. The molecule has 0 radical (unpaired) electrons. The van der Waals surface area contributed by atoms with Crippen LogP contribution in [-0.4, -0.2) is 17.8 Å². The average molecular weight is 321 g/mol. The van der Waals surface area contributed by atoms with Crippen molar-refractivity contribution in [3.63, 3.8) is 0 Å². The van der Waals surface area contributed by atoms with Crippen LogP contribution in [0.25, 0.3) is 0 Å². The van der Waals surface area contributed by atoms with Crippen molar-refractivity contribution in [2.45, 2.75) is 25.8 Å². The van der Waals surface area contributed by atoms with Crippen LogP contribution in [0.5, 0.6) is 0 Å². The zero-order valence-corrected chi connectivity index (χ0v) is 13.5. The van der Waals surface area contributed by atoms with Crippen molar-refractivity contribution in [3.8, 4) is 0 Å². The fourth-order valence-corrected chi connectivity index (χ4v) is 2.59. The predicted octanol–water partition coefficient (Wildman–Crippen LogP) is 2.60. The first-order chi connectivity index (χ1) is 11.7. The van der Waals surface area contributed by atoms with Crippen molar-refractivity contribution in [2.24, 2.45) is 4.99 Å². The number of guanidine groups is 1. The Kier molecular flexibility index (Phi) is 4.70. The monoisotopic (exact) mass is 321 g/mol. The summed E-state index contributed by atoms with van der Waals surface area (Å²) < 4.78 is 0. The van der Waals surface area contributed by atoms with Gasteiger partial charge in [-0.3, -0.25) is 20.2 Å². The smallest absolute Gasteiger partial charge is 0.257 e. The number of amides is 2. The first-order valence-corrected chi connectivity index (χ1v) is 7.98. The van der Waals surface area contributed by atoms with Crippen LogP contribution in [-0.2, 0) is 11.2 Å². The molecule has 1 aliphatic rings. The molecule has 0 spiro atoms. The maximum Gasteiger partial charge on any atom is 0.257 e. The summed E-state index contributed by atoms with van der Waals surface area (Å²) in [4.78, 5) is 28.6. The number of carbonyl (C=O) groups is 2. The van der Waals surface area contributed by atoms with Crippen LogP contribution in [0.3, 0.4) is 0 Å². The minimum Gasteiger partial charge on any atom is -0.296 e. The minimum atomic E-state index is -0.295. The molecule has 24 heavy (non-hydrogen) atoms. The van der Waals surface area contributed by atoms with Gasteiger partial charge in [-0.05, 0) is 29.7 Å². The maximum absolute atomic E-state index is 12.2. The highest BCUT2D eigenvalue weighted by atomic mass is 16.2. The fourth-order valence-electron chi connectivity index (χ4n) is 2.59. The van der Waals surface area contributed by atoms with Crippen LogP contribution in [0, 0.1) is 0 Å². The first kappa shape index (κ1) is 15.9. The van der Waals surface area contributed by atoms with Crippen molar-refractivity contribution >= 4 is 17.8 Å². The SMILES string of the molecule is CCc1ccc(C2CC(=O)NC(NC(=O)c3ccccc3)=N2)cc1. The summed E-state index contributed by atoms with van der Waals surface area (Å²) in [5, 5.41) is 5.29. The van der Waals surface area contributed by atoms with E-state index in [0.717, 1.165) is 12.0 Å². The molecule has 1 atom stereocenters. The molecule has 2 aromatic rings. The zero-order chi connectivity index (χ0) is 16.9. The third kappa shape index (κ3) is 3.68. The van der Waals surface area contributed by atoms with E-state index in [1.165, 1.54) is 5.56 Å². The number of rotatable bonds is 3. The summed E-state index contributed by atoms with van der Waals surface area (Å²) in [7, 11) is 0. The van der Waals surface area contributed by atoms with E-state index in [0.29, 0.717) is 5.56 Å². The van der Waals surface area contributed by atoms with Gasteiger partial charge in [0.2, 0.25) is 11.9 Å². The molecule has 0 aromatic heterocycles. The quantitative estimate of drug-likeness (QED) is 0.912. The number of aliphatic imine (C=N–C) groups is 1. The number of hydrogen-bond donors (Lipinski definition) is 2. The topological polar surface area (TPSA) is 70.6 Å². The Bertz CT molecular complexity index is 767. The van der Waals surface area contributed by atoms with E-state index in [1.54, 1.807) is 24.3 Å². The summed E-state index contributed by atoms with van der Waals surface area (Å²) in [6.07, 6.45) is 1.24. The molecular formula is C19H19N3O2. The Balaban J connectivity index is 1.78. The molecule has 122 valence electrons. The minimum absolute atomic E-state index is 0.155. The van der Waals surface area contributed by atoms with Gasteiger partial charge in [0.15, 0.2) is 0 Å². The first-order valence-electron chi connectivity index (χ1n) is 7.98. The van der Waals surface area contributed by atoms with Crippen LogP contribution < -0.4 is 10.6 Å². The van der Waals surface area contributed by atoms with Gasteiger partial charge in [-0.25, -0.2) is 4.99 Å². The van der Waals surface area contributed by atoms with E-state index in [2.05, 4.69) is 22.5 Å². The van der Waals surface area contributed by atoms with Gasteiger partial charge >= 0.3 is 0 Å². The molecule has 0 saturated carbocycles. The van der Waals surface area contributed by atoms with E-state index < -0.39 is 0 Å². The summed E-state index contributed by atoms with van der Waals surface area (Å²) in [5.74, 6) is -0.251. The van der Waals surface area contributed by atoms with Gasteiger partial charge in [-0.15, -0.1) is 0 Å². The predicted molar refractivity (Wildman–Crippen MR) is 92.7 cm³/mol. The Morgan fingerprint density at radius 3 is 2.54 bits per heavy atom. The van der Waals surface area contributed by atoms with Crippen molar-refractivity contribution in [1.29, 1.82) is 0 Å². The van der Waals surface area contributed by atoms with Crippen molar-refractivity contribution in [3.05, 3.63) is 71.3 Å². The van der Waals surface area contributed by atoms with Gasteiger partial charge in [0.1, 0.15) is 0 Å². The molecule has 5 nitrogen and oxygen atoms in total. The van der Waals surface area contributed by atoms with Crippen molar-refractivity contribution in [2.75, 3.05) is 0 Å². The van der Waals surface area contributed by atoms with Gasteiger partial charge < -0.3 is 0 Å². The normalized spacial score (nSPS) is 17.0. The Labute approximate surface area is 140 Å². The number of carbonyl (C=O) groups excluding carboxylic acids is 2. The highest BCUT2D eigenvalue weighted by Gasteiger charge is 2.23. The van der Waals surface area contributed by atoms with Gasteiger partial charge in [-0.1, -0.05) is 49.4 Å². The molecule has 2 N–H and O–H groups in total. The van der Waals surface area contributed by atoms with E-state index in [1.807, 2.05) is 30.3 Å². The average Bonchev–Trinajstić information content (AvgIpc) is 2.62. The molecule has 5 heteroatoms. The molecule has 3 rings (SSSR count). The lowest BCUT2D eigenvalue weighted by Gasteiger charge is -2.21. The number of aryl methyl sites for hydroxylation is 1. The summed E-state index contributed by atoms with van der Waals surface area (Å²) in [5.41, 5.74) is 2.72. The summed E-state index contributed by atoms with van der Waals surface area (Å²) in [6, 6.07) is 16.6. The second-order valence-corrected chi connectivity index (χ2v) is 5.66. The molecule has 2 aromatic carbocycles. The van der Waals surface area contributed by atoms with Gasteiger partial charge in [0, 0.05) is 5.56 Å². The molecule has 1 aliphatic heterocycles. The second-order valence-electron chi connectivity index (χ2n) is 5.66. The number of nitrogens with zero attached hydrogens (tertiary/aromatic N) is 1. The lowest BCUT2D eigenvalue weighted by molar-refractivity contribution is -0.120. The molecular weight excluding hydrogens is 302 g/mol. The van der Waals surface area contributed by atoms with Gasteiger partial charge in [0.05, 0.1) is 12.5 Å². The summed E-state index contributed by atoms with van der Waals surface area (Å²) >= 11 is 0. The highest BCUT2D eigenvalue weighted by Crippen LogP contribution is 2.24. The number of hydrogen-bond acceptors (Lipinski definition) is 3. The number of benzene rings is 2. The Hall–Kier alpha value is -2.95. The lowest BCUT2D eigenvalue weighted by atomic mass is 10.0. The van der Waals surface area contributed by atoms with Gasteiger partial charge in [0.25, 0.3) is 5.91 Å². The third-order valence-corrected chi connectivity index (χ3v) is 3.96. The lowest BCUT2D eigenvalue weighted by Crippen LogP contribution is -2.46. The summed E-state index contributed by atoms with van der Waals surface area (Å²) in [6.45, 7) is 2.10. The Morgan fingerprint density at radius 2 is 1.88 bits per heavy atom. The largest absolute Gasteiger partial charge is 0.296 e. The van der Waals surface area contributed by atoms with Crippen LogP contribution in [0.4, 0.5) is 0 Å². The molecule has 0 saturated heterocycles. The standard InChI is InChI=1S/C19H19N3O2/c1-2-13-8-10-14(11-9-13)16-12-17(23)21-19(20-16)22-18(24)15-6-4-3-5-7-15/h3-11,16H,2,12H2,1H3,(H2,20,21,22,23,24). The maximum atomic E-state index is 12.2. The molecule has 1 unspecified atom stereocenters. The van der Waals surface area contributed by atoms with E-state index in [9.17, 15) is 9.59 Å². The van der Waals surface area contributed by atoms with Gasteiger partial charge in [-0.2, -0.15) is 0 Å². The van der Waals surface area contributed by atoms with Crippen molar-refractivity contribution in [1.82, 2.24) is 10.6 Å². The van der Waals surface area contributed by atoms with Crippen LogP contribution in [0.15, 0.2) is 59.6 Å². The van der Waals surface area contributed by atoms with E-state index >= 15 is 0 Å². The molecule has 2 amide bonds. The van der Waals surface area contributed by atoms with E-state index in [-0.39, 0.29) is 30.2 Å². The van der Waals surface area contributed by atoms with Crippen LogP contribution >= 0.6 is 0 Å². The fraction of sp³-hybridized carbons (Fsp3) is 0.211.